The summed E-state index contributed by atoms with van der Waals surface area (Å²) in [5.74, 6) is 0. The van der Waals surface area contributed by atoms with Gasteiger partial charge in [-0.1, -0.05) is 12.5 Å². The van der Waals surface area contributed by atoms with Gasteiger partial charge < -0.3 is 4.48 Å². The second kappa shape index (κ2) is 4.91. The van der Waals surface area contributed by atoms with Crippen molar-refractivity contribution in [1.82, 2.24) is 0 Å². The zero-order chi connectivity index (χ0) is 8.04. The molecule has 0 atom stereocenters. The molecule has 0 aromatic rings. The maximum absolute atomic E-state index is 2.26. The van der Waals surface area contributed by atoms with E-state index >= 15 is 0 Å². The van der Waals surface area contributed by atoms with Crippen LogP contribution >= 0.6 is 0 Å². The lowest BCUT2D eigenvalue weighted by atomic mass is 10.2. The molecule has 0 fully saturated rings. The van der Waals surface area contributed by atoms with Gasteiger partial charge in [0.25, 0.3) is 0 Å². The fourth-order valence-electron chi connectivity index (χ4n) is 1.01. The van der Waals surface area contributed by atoms with Crippen LogP contribution in [0.2, 0.25) is 6.04 Å². The minimum atomic E-state index is 1.13. The van der Waals surface area contributed by atoms with Crippen LogP contribution in [0.1, 0.15) is 19.3 Å². The van der Waals surface area contributed by atoms with Crippen molar-refractivity contribution in [3.8, 4) is 0 Å². The van der Waals surface area contributed by atoms with E-state index in [0.29, 0.717) is 0 Å². The zero-order valence-corrected chi connectivity index (χ0v) is 9.98. The second-order valence-corrected chi connectivity index (χ2v) is 5.07. The van der Waals surface area contributed by atoms with Crippen molar-refractivity contribution in [3.63, 3.8) is 0 Å². The van der Waals surface area contributed by atoms with Crippen molar-refractivity contribution in [3.05, 3.63) is 0 Å². The van der Waals surface area contributed by atoms with Gasteiger partial charge in [-0.05, 0) is 12.8 Å². The highest BCUT2D eigenvalue weighted by atomic mass is 28.1. The first-order chi connectivity index (χ1) is 4.56. The lowest BCUT2D eigenvalue weighted by Gasteiger charge is -2.23. The largest absolute Gasteiger partial charge is 0.331 e. The quantitative estimate of drug-likeness (QED) is 0.315. The number of quaternary nitrogens is 1. The Bertz CT molecular complexity index is 75.8. The fourth-order valence-corrected chi connectivity index (χ4v) is 1.51. The van der Waals surface area contributed by atoms with E-state index in [1.165, 1.54) is 42.1 Å². The summed E-state index contributed by atoms with van der Waals surface area (Å²) in [6.45, 7) is 1.33. The molecule has 0 radical (unpaired) electrons. The van der Waals surface area contributed by atoms with Crippen molar-refractivity contribution in [2.45, 2.75) is 25.3 Å². The second-order valence-electron chi connectivity index (χ2n) is 4.07. The van der Waals surface area contributed by atoms with Gasteiger partial charge in [0.15, 0.2) is 0 Å². The predicted octanol–water partition coefficient (Wildman–Crippen LogP) is 0.647. The van der Waals surface area contributed by atoms with E-state index in [0.717, 1.165) is 4.48 Å². The Hall–Kier alpha value is 0.177. The summed E-state index contributed by atoms with van der Waals surface area (Å²) >= 11 is 0. The predicted molar refractivity (Wildman–Crippen MR) is 51.5 cm³/mol. The molecule has 0 aliphatic rings. The van der Waals surface area contributed by atoms with Gasteiger partial charge in [0.2, 0.25) is 0 Å². The monoisotopic (exact) mass is 160 g/mol. The molecule has 0 aliphatic heterocycles. The molecule has 62 valence electrons. The van der Waals surface area contributed by atoms with Crippen LogP contribution in [0.15, 0.2) is 0 Å². The van der Waals surface area contributed by atoms with E-state index in [2.05, 4.69) is 21.1 Å². The summed E-state index contributed by atoms with van der Waals surface area (Å²) in [6, 6.07) is 1.48. The van der Waals surface area contributed by atoms with E-state index in [1.54, 1.807) is 0 Å². The van der Waals surface area contributed by atoms with E-state index in [4.69, 9.17) is 0 Å². The van der Waals surface area contributed by atoms with Crippen LogP contribution in [0, 0.1) is 0 Å². The summed E-state index contributed by atoms with van der Waals surface area (Å²) in [7, 11) is 8.18. The maximum atomic E-state index is 2.26. The Labute approximate surface area is 68.4 Å². The summed E-state index contributed by atoms with van der Waals surface area (Å²) < 4.78 is 1.13. The molecular weight excluding hydrogens is 138 g/mol. The molecule has 0 amide bonds. The van der Waals surface area contributed by atoms with Crippen LogP contribution in [-0.4, -0.2) is 42.4 Å². The molecular formula is C8H22NSi+. The number of nitrogens with zero attached hydrogens (tertiary/aromatic N) is 1. The van der Waals surface area contributed by atoms with Crippen molar-refractivity contribution >= 4 is 10.2 Å². The van der Waals surface area contributed by atoms with E-state index in [1.807, 2.05) is 0 Å². The van der Waals surface area contributed by atoms with Crippen molar-refractivity contribution in [1.29, 1.82) is 0 Å². The molecule has 0 saturated heterocycles. The van der Waals surface area contributed by atoms with Gasteiger partial charge in [-0.15, -0.1) is 0 Å². The Morgan fingerprint density at radius 2 is 1.60 bits per heavy atom. The number of rotatable bonds is 5. The molecule has 1 nitrogen and oxygen atoms in total. The minimum Gasteiger partial charge on any atom is -0.331 e. The first-order valence-corrected chi connectivity index (χ1v) is 5.78. The van der Waals surface area contributed by atoms with Gasteiger partial charge in [0.1, 0.15) is 0 Å². The molecule has 0 rings (SSSR count). The molecule has 10 heavy (non-hydrogen) atoms. The molecule has 0 aromatic carbocycles. The minimum absolute atomic E-state index is 1.13. The molecule has 0 saturated carbocycles. The molecule has 0 heterocycles. The normalized spacial score (nSPS) is 12.3. The SMILES string of the molecule is C[N+](C)(C)CCCCC[SiH3]. The third-order valence-electron chi connectivity index (χ3n) is 1.68. The van der Waals surface area contributed by atoms with Crippen LogP contribution in [0.3, 0.4) is 0 Å². The topological polar surface area (TPSA) is 0 Å². The molecule has 0 unspecified atom stereocenters. The zero-order valence-electron chi connectivity index (χ0n) is 7.98. The van der Waals surface area contributed by atoms with Crippen molar-refractivity contribution in [2.24, 2.45) is 0 Å². The first-order valence-electron chi connectivity index (χ1n) is 4.36. The lowest BCUT2D eigenvalue weighted by Crippen LogP contribution is -2.35. The Morgan fingerprint density at radius 1 is 1.00 bits per heavy atom. The smallest absolute Gasteiger partial charge is 0.0780 e. The van der Waals surface area contributed by atoms with Gasteiger partial charge in [-0.3, -0.25) is 0 Å². The average molecular weight is 160 g/mol. The van der Waals surface area contributed by atoms with Crippen LogP contribution in [0.25, 0.3) is 0 Å². The fraction of sp³-hybridized carbons (Fsp3) is 1.00. The van der Waals surface area contributed by atoms with Gasteiger partial charge in [0, 0.05) is 10.2 Å². The summed E-state index contributed by atoms with van der Waals surface area (Å²) in [5, 5.41) is 0. The van der Waals surface area contributed by atoms with Gasteiger partial charge >= 0.3 is 0 Å². The average Bonchev–Trinajstić information content (AvgIpc) is 1.78. The summed E-state index contributed by atoms with van der Waals surface area (Å²) in [6.07, 6.45) is 4.32. The van der Waals surface area contributed by atoms with Crippen LogP contribution < -0.4 is 0 Å². The highest BCUT2D eigenvalue weighted by Crippen LogP contribution is 2.01. The van der Waals surface area contributed by atoms with Gasteiger partial charge in [0.05, 0.1) is 27.7 Å². The Balaban J connectivity index is 3.04. The molecule has 0 aromatic heterocycles. The Kier molecular flexibility index (Phi) is 5.00. The van der Waals surface area contributed by atoms with Crippen molar-refractivity contribution in [2.75, 3.05) is 27.7 Å². The molecule has 2 heteroatoms. The maximum Gasteiger partial charge on any atom is 0.0780 e. The molecule has 0 spiro atoms. The van der Waals surface area contributed by atoms with E-state index < -0.39 is 0 Å². The molecule has 0 bridgehead atoms. The summed E-state index contributed by atoms with van der Waals surface area (Å²) in [5.41, 5.74) is 0. The first kappa shape index (κ1) is 10.2. The van der Waals surface area contributed by atoms with Crippen LogP contribution in [0.4, 0.5) is 0 Å². The van der Waals surface area contributed by atoms with Crippen LogP contribution in [0.5, 0.6) is 0 Å². The highest BCUT2D eigenvalue weighted by Gasteiger charge is 2.04. The van der Waals surface area contributed by atoms with Gasteiger partial charge in [-0.25, -0.2) is 0 Å². The number of hydrogen-bond acceptors (Lipinski definition) is 0. The van der Waals surface area contributed by atoms with Crippen molar-refractivity contribution < 1.29 is 4.48 Å². The van der Waals surface area contributed by atoms with E-state index in [9.17, 15) is 0 Å². The molecule has 0 aliphatic carbocycles. The standard InChI is InChI=1S/C8H22NSi/c1-9(2,3)7-5-4-6-8-10/h4-8H2,1-3,10H3/q+1. The number of hydrogen-bond donors (Lipinski definition) is 0. The highest BCUT2D eigenvalue weighted by molar-refractivity contribution is 6.08. The molecule has 0 N–H and O–H groups in total. The third-order valence-corrected chi connectivity index (χ3v) is 2.39. The lowest BCUT2D eigenvalue weighted by molar-refractivity contribution is -0.870. The van der Waals surface area contributed by atoms with E-state index in [-0.39, 0.29) is 0 Å². The summed E-state index contributed by atoms with van der Waals surface area (Å²) in [4.78, 5) is 0. The number of unbranched alkanes of at least 4 members (excludes halogenated alkanes) is 2. The van der Waals surface area contributed by atoms with Crippen LogP contribution in [-0.2, 0) is 0 Å². The Morgan fingerprint density at radius 3 is 2.00 bits per heavy atom. The van der Waals surface area contributed by atoms with Gasteiger partial charge in [-0.2, -0.15) is 0 Å². The third kappa shape index (κ3) is 8.18.